The summed E-state index contributed by atoms with van der Waals surface area (Å²) < 4.78 is 1.97. The lowest BCUT2D eigenvalue weighted by Gasteiger charge is -2.28. The van der Waals surface area contributed by atoms with Gasteiger partial charge in [0.1, 0.15) is 6.04 Å². The molecular weight excluding hydrogens is 436 g/mol. The van der Waals surface area contributed by atoms with Gasteiger partial charge in [0.25, 0.3) is 11.8 Å². The van der Waals surface area contributed by atoms with Gasteiger partial charge in [0.15, 0.2) is 0 Å². The number of likely N-dealkylation sites (tertiary alicyclic amines) is 1. The second-order valence-electron chi connectivity index (χ2n) is 9.35. The molecule has 2 N–H and O–H groups in total. The van der Waals surface area contributed by atoms with Gasteiger partial charge in [-0.15, -0.1) is 0 Å². The number of anilines is 1. The lowest BCUT2D eigenvalue weighted by atomic mass is 9.97. The first-order chi connectivity index (χ1) is 16.4. The Labute approximate surface area is 197 Å². The molecule has 1 aromatic heterocycles. The standard InChI is InChI=1S/C24H28N6O4/c1-28-9-7-15(8-10-28)13-29-14-16(12-26-29)11-25-18-4-2-3-17-21(18)24(34)30(23(17)33)19-5-6-20(31)27-22(19)32/h2-4,12,14-15,19,25H,5-11,13H2,1H3,(H,27,31,32). The second-order valence-corrected chi connectivity index (χ2v) is 9.35. The molecule has 1 aromatic carbocycles. The van der Waals surface area contributed by atoms with Crippen LogP contribution in [0.2, 0.25) is 0 Å². The van der Waals surface area contributed by atoms with Crippen molar-refractivity contribution in [2.24, 2.45) is 5.92 Å². The van der Waals surface area contributed by atoms with Crippen LogP contribution >= 0.6 is 0 Å². The van der Waals surface area contributed by atoms with Gasteiger partial charge in [0.05, 0.1) is 17.3 Å². The summed E-state index contributed by atoms with van der Waals surface area (Å²) in [5, 5.41) is 9.97. The number of fused-ring (bicyclic) bond motifs is 1. The third-order valence-electron chi connectivity index (χ3n) is 6.92. The van der Waals surface area contributed by atoms with Crippen molar-refractivity contribution in [3.05, 3.63) is 47.3 Å². The van der Waals surface area contributed by atoms with Gasteiger partial charge < -0.3 is 10.2 Å². The van der Waals surface area contributed by atoms with Crippen molar-refractivity contribution in [1.82, 2.24) is 24.9 Å². The van der Waals surface area contributed by atoms with Crippen LogP contribution in [0, 0.1) is 5.92 Å². The first-order valence-corrected chi connectivity index (χ1v) is 11.7. The van der Waals surface area contributed by atoms with Crippen molar-refractivity contribution < 1.29 is 19.2 Å². The fraction of sp³-hybridized carbons (Fsp3) is 0.458. The number of nitrogens with zero attached hydrogens (tertiary/aromatic N) is 4. The minimum absolute atomic E-state index is 0.0937. The van der Waals surface area contributed by atoms with E-state index in [0.29, 0.717) is 18.2 Å². The summed E-state index contributed by atoms with van der Waals surface area (Å²) in [6.07, 6.45) is 6.39. The third-order valence-corrected chi connectivity index (χ3v) is 6.92. The maximum atomic E-state index is 13.2. The molecule has 2 fully saturated rings. The third kappa shape index (κ3) is 4.21. The molecule has 1 atom stereocenters. The number of carbonyl (C=O) groups is 4. The number of imide groups is 2. The van der Waals surface area contributed by atoms with Gasteiger partial charge in [-0.2, -0.15) is 5.10 Å². The molecule has 0 radical (unpaired) electrons. The first kappa shape index (κ1) is 22.3. The van der Waals surface area contributed by atoms with E-state index < -0.39 is 29.7 Å². The second kappa shape index (κ2) is 9.02. The van der Waals surface area contributed by atoms with Gasteiger partial charge in [-0.1, -0.05) is 6.07 Å². The minimum Gasteiger partial charge on any atom is -0.380 e. The summed E-state index contributed by atoms with van der Waals surface area (Å²) >= 11 is 0. The largest absolute Gasteiger partial charge is 0.380 e. The van der Waals surface area contributed by atoms with Crippen LogP contribution in [0.5, 0.6) is 0 Å². The summed E-state index contributed by atoms with van der Waals surface area (Å²) in [4.78, 5) is 53.3. The Bertz CT molecular complexity index is 1150. The van der Waals surface area contributed by atoms with E-state index in [9.17, 15) is 19.2 Å². The highest BCUT2D eigenvalue weighted by atomic mass is 16.2. The van der Waals surface area contributed by atoms with Gasteiger partial charge in [0.2, 0.25) is 11.8 Å². The molecule has 2 aromatic rings. The molecule has 4 heterocycles. The minimum atomic E-state index is -0.976. The van der Waals surface area contributed by atoms with Crippen LogP contribution in [-0.4, -0.2) is 69.4 Å². The van der Waals surface area contributed by atoms with Crippen molar-refractivity contribution in [2.45, 2.75) is 44.8 Å². The van der Waals surface area contributed by atoms with Crippen LogP contribution in [-0.2, 0) is 22.7 Å². The molecule has 0 aliphatic carbocycles. The van der Waals surface area contributed by atoms with Crippen LogP contribution in [0.15, 0.2) is 30.6 Å². The van der Waals surface area contributed by atoms with Crippen LogP contribution in [0.25, 0.3) is 0 Å². The van der Waals surface area contributed by atoms with E-state index in [1.165, 1.54) is 12.8 Å². The van der Waals surface area contributed by atoms with E-state index in [2.05, 4.69) is 27.7 Å². The molecule has 0 spiro atoms. The van der Waals surface area contributed by atoms with E-state index >= 15 is 0 Å². The quantitative estimate of drug-likeness (QED) is 0.618. The number of benzene rings is 1. The van der Waals surface area contributed by atoms with Gasteiger partial charge >= 0.3 is 0 Å². The van der Waals surface area contributed by atoms with Crippen LogP contribution < -0.4 is 10.6 Å². The Balaban J connectivity index is 1.27. The Kier molecular flexibility index (Phi) is 5.91. The molecule has 3 aliphatic heterocycles. The monoisotopic (exact) mass is 464 g/mol. The average molecular weight is 465 g/mol. The zero-order valence-corrected chi connectivity index (χ0v) is 19.1. The summed E-state index contributed by atoms with van der Waals surface area (Å²) in [7, 11) is 2.15. The number of carbonyl (C=O) groups excluding carboxylic acids is 4. The van der Waals surface area contributed by atoms with Gasteiger partial charge in [-0.25, -0.2) is 0 Å². The lowest BCUT2D eigenvalue weighted by molar-refractivity contribution is -0.136. The molecule has 5 rings (SSSR count). The summed E-state index contributed by atoms with van der Waals surface area (Å²) in [6, 6.07) is 4.08. The van der Waals surface area contributed by atoms with E-state index in [0.717, 1.165) is 30.1 Å². The fourth-order valence-electron chi connectivity index (χ4n) is 4.97. The Morgan fingerprint density at radius 1 is 1.09 bits per heavy atom. The molecule has 0 saturated carbocycles. The molecule has 4 amide bonds. The highest BCUT2D eigenvalue weighted by Gasteiger charge is 2.45. The number of nitrogens with one attached hydrogen (secondary N) is 2. The Morgan fingerprint density at radius 2 is 1.88 bits per heavy atom. The van der Waals surface area contributed by atoms with Crippen LogP contribution in [0.1, 0.15) is 52.0 Å². The molecule has 1 unspecified atom stereocenters. The molecule has 10 heteroatoms. The fourth-order valence-corrected chi connectivity index (χ4v) is 4.97. The van der Waals surface area contributed by atoms with Crippen LogP contribution in [0.4, 0.5) is 5.69 Å². The van der Waals surface area contributed by atoms with E-state index in [-0.39, 0.29) is 24.0 Å². The predicted molar refractivity (Wildman–Crippen MR) is 123 cm³/mol. The molecule has 178 valence electrons. The smallest absolute Gasteiger partial charge is 0.264 e. The highest BCUT2D eigenvalue weighted by Crippen LogP contribution is 2.32. The number of amides is 4. The molecule has 34 heavy (non-hydrogen) atoms. The van der Waals surface area contributed by atoms with Crippen molar-refractivity contribution in [3.8, 4) is 0 Å². The Hall–Kier alpha value is -3.53. The highest BCUT2D eigenvalue weighted by molar-refractivity contribution is 6.25. The molecule has 0 bridgehead atoms. The van der Waals surface area contributed by atoms with Gasteiger partial charge in [-0.3, -0.25) is 34.1 Å². The molecule has 3 aliphatic rings. The normalized spacial score (nSPS) is 21.7. The van der Waals surface area contributed by atoms with Gasteiger partial charge in [-0.05, 0) is 57.5 Å². The molecular formula is C24H28N6O4. The SMILES string of the molecule is CN1CCC(Cn2cc(CNc3cccc4c3C(=O)N(C3CCC(=O)NC3=O)C4=O)cn2)CC1. The zero-order valence-electron chi connectivity index (χ0n) is 19.1. The van der Waals surface area contributed by atoms with E-state index in [1.807, 2.05) is 17.1 Å². The number of hydrogen-bond acceptors (Lipinski definition) is 7. The number of rotatable bonds is 6. The summed E-state index contributed by atoms with van der Waals surface area (Å²) in [5.41, 5.74) is 2.03. The topological polar surface area (TPSA) is 117 Å². The number of hydrogen-bond donors (Lipinski definition) is 2. The van der Waals surface area contributed by atoms with E-state index in [1.54, 1.807) is 18.2 Å². The summed E-state index contributed by atoms with van der Waals surface area (Å²) in [6.45, 7) is 3.57. The van der Waals surface area contributed by atoms with E-state index in [4.69, 9.17) is 0 Å². The average Bonchev–Trinajstić information content (AvgIpc) is 3.37. The van der Waals surface area contributed by atoms with Crippen molar-refractivity contribution in [3.63, 3.8) is 0 Å². The lowest BCUT2D eigenvalue weighted by Crippen LogP contribution is -2.54. The van der Waals surface area contributed by atoms with Gasteiger partial charge in [0, 0.05) is 37.0 Å². The van der Waals surface area contributed by atoms with Crippen LogP contribution in [0.3, 0.4) is 0 Å². The maximum absolute atomic E-state index is 13.2. The van der Waals surface area contributed by atoms with Crippen molar-refractivity contribution >= 4 is 29.3 Å². The number of aromatic nitrogens is 2. The Morgan fingerprint density at radius 3 is 2.65 bits per heavy atom. The molecule has 10 nitrogen and oxygen atoms in total. The number of piperidine rings is 2. The first-order valence-electron chi connectivity index (χ1n) is 11.7. The van der Waals surface area contributed by atoms with Crippen molar-refractivity contribution in [2.75, 3.05) is 25.5 Å². The summed E-state index contributed by atoms with van der Waals surface area (Å²) in [5.74, 6) is -1.41. The van der Waals surface area contributed by atoms with Crippen molar-refractivity contribution in [1.29, 1.82) is 0 Å². The predicted octanol–water partition coefficient (Wildman–Crippen LogP) is 1.24. The zero-order chi connectivity index (χ0) is 23.8. The maximum Gasteiger partial charge on any atom is 0.264 e. The molecule has 2 saturated heterocycles.